The van der Waals surface area contributed by atoms with Crippen LogP contribution in [0.4, 0.5) is 45.3 Å². The fourth-order valence-corrected chi connectivity index (χ4v) is 3.37. The highest BCUT2D eigenvalue weighted by Crippen LogP contribution is 2.49. The largest absolute Gasteiger partial charge is 0.446 e. The maximum atomic E-state index is 13.2. The summed E-state index contributed by atoms with van der Waals surface area (Å²) in [5.41, 5.74) is -9.60. The molecule has 1 aromatic heterocycles. The van der Waals surface area contributed by atoms with Crippen LogP contribution < -0.4 is 0 Å². The number of nitrogens with zero attached hydrogens (tertiary/aromatic N) is 3. The van der Waals surface area contributed by atoms with Crippen LogP contribution in [0.15, 0.2) is 22.0 Å². The van der Waals surface area contributed by atoms with Gasteiger partial charge in [0.2, 0.25) is 6.08 Å². The second-order valence-electron chi connectivity index (χ2n) is 4.95. The number of halogens is 11. The van der Waals surface area contributed by atoms with Gasteiger partial charge in [0.05, 0.1) is 20.5 Å². The summed E-state index contributed by atoms with van der Waals surface area (Å²) in [5.74, 6) is -1.32. The first-order chi connectivity index (χ1) is 13.1. The van der Waals surface area contributed by atoms with E-state index in [-0.39, 0.29) is 16.8 Å². The second-order valence-corrected chi connectivity index (χ2v) is 6.84. The van der Waals surface area contributed by atoms with Gasteiger partial charge in [-0.05, 0) is 23.9 Å². The summed E-state index contributed by atoms with van der Waals surface area (Å²) in [6.45, 7) is 0. The molecule has 0 saturated heterocycles. The Bertz CT molecular complexity index is 968. The number of rotatable bonds is 3. The summed E-state index contributed by atoms with van der Waals surface area (Å²) < 4.78 is 116. The number of hydrogen-bond acceptors (Lipinski definition) is 4. The fourth-order valence-electron chi connectivity index (χ4n) is 2.02. The van der Waals surface area contributed by atoms with E-state index in [0.717, 1.165) is 6.08 Å². The van der Waals surface area contributed by atoms with E-state index < -0.39 is 67.3 Å². The van der Waals surface area contributed by atoms with Crippen LogP contribution >= 0.6 is 35.0 Å². The Kier molecular flexibility index (Phi) is 6.25. The highest BCUT2D eigenvalue weighted by molar-refractivity contribution is 8.00. The number of aromatic nitrogens is 2. The van der Waals surface area contributed by atoms with Crippen LogP contribution in [0.1, 0.15) is 11.3 Å². The van der Waals surface area contributed by atoms with Gasteiger partial charge in [0, 0.05) is 0 Å². The molecule has 0 aliphatic heterocycles. The van der Waals surface area contributed by atoms with Crippen molar-refractivity contribution in [3.8, 4) is 5.69 Å². The Labute approximate surface area is 168 Å². The Balaban J connectivity index is 2.88. The molecule has 1 heterocycles. The highest BCUT2D eigenvalue weighted by atomic mass is 35.5. The zero-order valence-corrected chi connectivity index (χ0v) is 15.3. The van der Waals surface area contributed by atoms with E-state index in [1.807, 2.05) is 0 Å². The van der Waals surface area contributed by atoms with Crippen LogP contribution in [-0.4, -0.2) is 21.4 Å². The molecular formula is C13H2Cl2F9N3OS. The van der Waals surface area contributed by atoms with E-state index >= 15 is 0 Å². The maximum absolute atomic E-state index is 13.2. The minimum absolute atomic E-state index is 0.00732. The molecule has 0 saturated carbocycles. The number of benzene rings is 1. The molecule has 29 heavy (non-hydrogen) atoms. The van der Waals surface area contributed by atoms with Crippen LogP contribution in [-0.2, 0) is 17.1 Å². The Morgan fingerprint density at radius 1 is 0.966 bits per heavy atom. The van der Waals surface area contributed by atoms with Gasteiger partial charge in [-0.2, -0.15) is 44.6 Å². The average molecular weight is 490 g/mol. The molecule has 2 rings (SSSR count). The lowest BCUT2D eigenvalue weighted by atomic mass is 10.2. The molecule has 0 N–H and O–H groups in total. The number of aliphatic imine (C=N–C) groups is 1. The minimum Gasteiger partial charge on any atom is -0.211 e. The van der Waals surface area contributed by atoms with Gasteiger partial charge < -0.3 is 0 Å². The van der Waals surface area contributed by atoms with E-state index in [4.69, 9.17) is 23.2 Å². The molecule has 0 spiro atoms. The monoisotopic (exact) mass is 489 g/mol. The lowest BCUT2D eigenvalue weighted by molar-refractivity contribution is -0.143. The zero-order chi connectivity index (χ0) is 22.4. The molecule has 4 nitrogen and oxygen atoms in total. The summed E-state index contributed by atoms with van der Waals surface area (Å²) >= 11 is 10.0. The molecule has 0 fully saturated rings. The van der Waals surface area contributed by atoms with E-state index in [9.17, 15) is 44.3 Å². The zero-order valence-electron chi connectivity index (χ0n) is 13.0. The Hall–Kier alpha value is -1.89. The summed E-state index contributed by atoms with van der Waals surface area (Å²) in [6.07, 6.45) is -9.62. The molecule has 0 aliphatic rings. The summed E-state index contributed by atoms with van der Waals surface area (Å²) in [5, 5.41) is 1.10. The molecule has 0 amide bonds. The molecule has 1 aromatic carbocycles. The van der Waals surface area contributed by atoms with Crippen molar-refractivity contribution in [2.24, 2.45) is 4.99 Å². The number of thioether (sulfide) groups is 1. The van der Waals surface area contributed by atoms with E-state index in [2.05, 4.69) is 10.1 Å². The SMILES string of the molecule is O=C=Nc1c(SC(F)(F)F)c(C(F)(F)F)nn1-c1c(Cl)cc(C(F)(F)F)cc1Cl. The standard InChI is InChI=1S/C13H2Cl2F9N3OS/c14-5-1-4(11(16,17)18)2-6(15)7(5)27-10(25-3-28)8(29-13(22,23)24)9(26-27)12(19,20)21/h1-2H. The molecule has 16 heteroatoms. The van der Waals surface area contributed by atoms with Crippen molar-refractivity contribution in [2.75, 3.05) is 0 Å². The summed E-state index contributed by atoms with van der Waals surface area (Å²) in [4.78, 5) is 11.7. The molecular weight excluding hydrogens is 488 g/mol. The number of alkyl halides is 9. The van der Waals surface area contributed by atoms with Crippen molar-refractivity contribution in [3.05, 3.63) is 33.4 Å². The third-order valence-electron chi connectivity index (χ3n) is 3.01. The van der Waals surface area contributed by atoms with Gasteiger partial charge in [-0.25, -0.2) is 9.48 Å². The van der Waals surface area contributed by atoms with Gasteiger partial charge in [0.15, 0.2) is 11.5 Å². The molecule has 0 radical (unpaired) electrons. The minimum atomic E-state index is -5.45. The number of isocyanates is 1. The fraction of sp³-hybridized carbons (Fsp3) is 0.231. The van der Waals surface area contributed by atoms with Gasteiger partial charge in [-0.1, -0.05) is 23.2 Å². The molecule has 158 valence electrons. The average Bonchev–Trinajstić information content (AvgIpc) is 2.83. The van der Waals surface area contributed by atoms with Crippen LogP contribution in [0.2, 0.25) is 10.0 Å². The van der Waals surface area contributed by atoms with E-state index in [0.29, 0.717) is 0 Å². The predicted molar refractivity (Wildman–Crippen MR) is 83.3 cm³/mol. The van der Waals surface area contributed by atoms with Gasteiger partial charge in [-0.3, -0.25) is 0 Å². The molecule has 0 atom stereocenters. The van der Waals surface area contributed by atoms with Gasteiger partial charge in [-0.15, -0.1) is 4.99 Å². The Morgan fingerprint density at radius 2 is 1.48 bits per heavy atom. The highest BCUT2D eigenvalue weighted by Gasteiger charge is 2.44. The predicted octanol–water partition coefficient (Wildman–Crippen LogP) is 6.80. The lowest BCUT2D eigenvalue weighted by Gasteiger charge is -2.13. The molecule has 2 aromatic rings. The van der Waals surface area contributed by atoms with Crippen LogP contribution in [0.5, 0.6) is 0 Å². The molecule has 0 unspecified atom stereocenters. The van der Waals surface area contributed by atoms with Gasteiger partial charge in [0.25, 0.3) is 0 Å². The van der Waals surface area contributed by atoms with Crippen molar-refractivity contribution in [3.63, 3.8) is 0 Å². The van der Waals surface area contributed by atoms with Crippen molar-refractivity contribution in [2.45, 2.75) is 22.8 Å². The normalized spacial score (nSPS) is 12.8. The quantitative estimate of drug-likeness (QED) is 0.206. The third kappa shape index (κ3) is 5.18. The van der Waals surface area contributed by atoms with E-state index in [1.165, 1.54) is 0 Å². The smallest absolute Gasteiger partial charge is 0.211 e. The van der Waals surface area contributed by atoms with Crippen molar-refractivity contribution in [1.29, 1.82) is 0 Å². The summed E-state index contributed by atoms with van der Waals surface area (Å²) in [7, 11) is 0. The van der Waals surface area contributed by atoms with Crippen LogP contribution in [0.25, 0.3) is 5.69 Å². The van der Waals surface area contributed by atoms with Crippen LogP contribution in [0.3, 0.4) is 0 Å². The molecule has 0 bridgehead atoms. The van der Waals surface area contributed by atoms with Crippen molar-refractivity contribution < 1.29 is 44.3 Å². The second kappa shape index (κ2) is 7.74. The van der Waals surface area contributed by atoms with Gasteiger partial charge in [0.1, 0.15) is 5.69 Å². The Morgan fingerprint density at radius 3 is 1.86 bits per heavy atom. The molecule has 0 aliphatic carbocycles. The van der Waals surface area contributed by atoms with Crippen LogP contribution in [0, 0.1) is 0 Å². The maximum Gasteiger partial charge on any atom is 0.446 e. The first-order valence-electron chi connectivity index (χ1n) is 6.66. The third-order valence-corrected chi connectivity index (χ3v) is 4.40. The van der Waals surface area contributed by atoms with E-state index in [1.54, 1.807) is 0 Å². The van der Waals surface area contributed by atoms with Crippen molar-refractivity contribution in [1.82, 2.24) is 9.78 Å². The van der Waals surface area contributed by atoms with Crippen molar-refractivity contribution >= 4 is 46.9 Å². The number of hydrogen-bond donors (Lipinski definition) is 0. The number of carbonyl (C=O) groups excluding carboxylic acids is 1. The first kappa shape index (κ1) is 23.4. The lowest BCUT2D eigenvalue weighted by Crippen LogP contribution is -2.10. The summed E-state index contributed by atoms with van der Waals surface area (Å²) in [6, 6.07) is 0.533. The van der Waals surface area contributed by atoms with Gasteiger partial charge >= 0.3 is 17.9 Å². The topological polar surface area (TPSA) is 47.2 Å². The first-order valence-corrected chi connectivity index (χ1v) is 8.24.